The van der Waals surface area contributed by atoms with Crippen molar-refractivity contribution in [2.24, 2.45) is 22.2 Å². The van der Waals surface area contributed by atoms with Gasteiger partial charge in [0.2, 0.25) is 0 Å². The highest BCUT2D eigenvalue weighted by Crippen LogP contribution is 2.97. The Morgan fingerprint density at radius 2 is 1.00 bits per heavy atom. The zero-order valence-corrected chi connectivity index (χ0v) is 10.5. The molecule has 0 saturated heterocycles. The summed E-state index contributed by atoms with van der Waals surface area (Å²) in [6.07, 6.45) is 1.25. The first-order chi connectivity index (χ1) is 5.28. The van der Waals surface area contributed by atoms with E-state index in [0.29, 0.717) is 16.2 Å². The highest BCUT2D eigenvalue weighted by Gasteiger charge is 2.92. The number of hydrogen-bond acceptors (Lipinski definition) is 1. The standard InChI is InChI=1S/C9H16.C3H8.H3N/c1-7(2)6-8(3,4)9(6,7)5;1-3-2;/h6H,1-5H3;3H2,1-2H3;1H3. The van der Waals surface area contributed by atoms with E-state index in [-0.39, 0.29) is 6.15 Å². The predicted molar refractivity (Wildman–Crippen MR) is 60.1 cm³/mol. The van der Waals surface area contributed by atoms with Gasteiger partial charge in [0, 0.05) is 0 Å². The summed E-state index contributed by atoms with van der Waals surface area (Å²) in [4.78, 5) is 0. The van der Waals surface area contributed by atoms with E-state index in [1.165, 1.54) is 6.42 Å². The third-order valence-electron chi connectivity index (χ3n) is 4.53. The molecule has 0 spiro atoms. The summed E-state index contributed by atoms with van der Waals surface area (Å²) in [7, 11) is 0. The van der Waals surface area contributed by atoms with Crippen LogP contribution in [0.4, 0.5) is 0 Å². The maximum atomic E-state index is 2.43. The maximum absolute atomic E-state index is 2.43. The molecule has 0 aromatic carbocycles. The van der Waals surface area contributed by atoms with Crippen LogP contribution in [0, 0.1) is 22.2 Å². The molecule has 13 heavy (non-hydrogen) atoms. The smallest absolute Gasteiger partial charge is 0.0178 e. The molecule has 1 nitrogen and oxygen atoms in total. The Hall–Kier alpha value is -0.0400. The Labute approximate surface area is 83.9 Å². The van der Waals surface area contributed by atoms with Crippen molar-refractivity contribution in [1.29, 1.82) is 0 Å². The summed E-state index contributed by atoms with van der Waals surface area (Å²) < 4.78 is 0. The van der Waals surface area contributed by atoms with Gasteiger partial charge in [-0.1, -0.05) is 54.9 Å². The van der Waals surface area contributed by atoms with Crippen LogP contribution in [0.1, 0.15) is 54.9 Å². The summed E-state index contributed by atoms with van der Waals surface area (Å²) in [5.41, 5.74) is 2.06. The van der Waals surface area contributed by atoms with E-state index in [2.05, 4.69) is 48.5 Å². The van der Waals surface area contributed by atoms with E-state index in [4.69, 9.17) is 0 Å². The second kappa shape index (κ2) is 2.98. The number of hydrogen-bond donors (Lipinski definition) is 1. The molecule has 0 bridgehead atoms. The van der Waals surface area contributed by atoms with E-state index < -0.39 is 0 Å². The molecule has 2 saturated carbocycles. The van der Waals surface area contributed by atoms with Crippen LogP contribution in [0.15, 0.2) is 0 Å². The Bertz CT molecular complexity index is 175. The fourth-order valence-corrected chi connectivity index (χ4v) is 3.61. The average molecular weight is 185 g/mol. The van der Waals surface area contributed by atoms with E-state index in [9.17, 15) is 0 Å². The summed E-state index contributed by atoms with van der Waals surface area (Å²) >= 11 is 0. The molecular formula is C12H27N. The lowest BCUT2D eigenvalue weighted by Gasteiger charge is -2.27. The summed E-state index contributed by atoms with van der Waals surface area (Å²) in [5, 5.41) is 0. The van der Waals surface area contributed by atoms with Crippen LogP contribution in [-0.4, -0.2) is 0 Å². The molecule has 2 aliphatic rings. The molecule has 0 aliphatic heterocycles. The fourth-order valence-electron chi connectivity index (χ4n) is 3.61. The Kier molecular flexibility index (Phi) is 2.97. The van der Waals surface area contributed by atoms with Crippen molar-refractivity contribution in [1.82, 2.24) is 6.15 Å². The Morgan fingerprint density at radius 1 is 0.846 bits per heavy atom. The molecule has 0 aromatic heterocycles. The van der Waals surface area contributed by atoms with Crippen LogP contribution < -0.4 is 6.15 Å². The van der Waals surface area contributed by atoms with Gasteiger partial charge < -0.3 is 6.15 Å². The van der Waals surface area contributed by atoms with E-state index >= 15 is 0 Å². The van der Waals surface area contributed by atoms with Crippen molar-refractivity contribution >= 4 is 0 Å². The van der Waals surface area contributed by atoms with Gasteiger partial charge in [-0.05, 0) is 22.2 Å². The second-order valence-corrected chi connectivity index (χ2v) is 5.79. The van der Waals surface area contributed by atoms with Crippen molar-refractivity contribution in [3.63, 3.8) is 0 Å². The molecule has 2 aliphatic carbocycles. The molecule has 0 radical (unpaired) electrons. The van der Waals surface area contributed by atoms with Crippen LogP contribution in [0.5, 0.6) is 0 Å². The predicted octanol–water partition coefficient (Wildman–Crippen LogP) is 4.27. The number of rotatable bonds is 0. The second-order valence-electron chi connectivity index (χ2n) is 5.79. The quantitative estimate of drug-likeness (QED) is 0.601. The molecule has 1 heteroatoms. The van der Waals surface area contributed by atoms with Gasteiger partial charge in [0.1, 0.15) is 0 Å². The van der Waals surface area contributed by atoms with E-state index in [1.54, 1.807) is 0 Å². The highest BCUT2D eigenvalue weighted by molar-refractivity contribution is 5.39. The summed E-state index contributed by atoms with van der Waals surface area (Å²) in [5.74, 6) is 1.03. The molecule has 0 atom stereocenters. The van der Waals surface area contributed by atoms with Gasteiger partial charge in [-0.3, -0.25) is 0 Å². The minimum atomic E-state index is 0. The van der Waals surface area contributed by atoms with Crippen molar-refractivity contribution < 1.29 is 0 Å². The highest BCUT2D eigenvalue weighted by atomic mass is 15.0. The Morgan fingerprint density at radius 3 is 1.00 bits per heavy atom. The van der Waals surface area contributed by atoms with Crippen LogP contribution in [-0.2, 0) is 0 Å². The van der Waals surface area contributed by atoms with Gasteiger partial charge in [0.15, 0.2) is 0 Å². The normalized spacial score (nSPS) is 40.4. The molecule has 2 rings (SSSR count). The van der Waals surface area contributed by atoms with E-state index in [0.717, 1.165) is 5.92 Å². The zero-order valence-electron chi connectivity index (χ0n) is 10.5. The average Bonchev–Trinajstić information content (AvgIpc) is 2.50. The number of fused-ring (bicyclic) bond motifs is 1. The molecule has 0 heterocycles. The van der Waals surface area contributed by atoms with Crippen LogP contribution in [0.2, 0.25) is 0 Å². The SMILES string of the molecule is CC1(C)C2C(C)(C)C21C.CCC.N. The molecule has 0 amide bonds. The minimum Gasteiger partial charge on any atom is -0.344 e. The first-order valence-corrected chi connectivity index (χ1v) is 5.28. The molecule has 2 fully saturated rings. The van der Waals surface area contributed by atoms with Crippen molar-refractivity contribution in [2.45, 2.75) is 54.9 Å². The van der Waals surface area contributed by atoms with Gasteiger partial charge >= 0.3 is 0 Å². The lowest BCUT2D eigenvalue weighted by molar-refractivity contribution is 0.211. The monoisotopic (exact) mass is 185 g/mol. The van der Waals surface area contributed by atoms with Crippen LogP contribution in [0.25, 0.3) is 0 Å². The molecule has 3 N–H and O–H groups in total. The minimum absolute atomic E-state index is 0. The zero-order chi connectivity index (χ0) is 9.78. The van der Waals surface area contributed by atoms with Gasteiger partial charge in [0.05, 0.1) is 0 Å². The van der Waals surface area contributed by atoms with Gasteiger partial charge in [0.25, 0.3) is 0 Å². The molecular weight excluding hydrogens is 158 g/mol. The first kappa shape index (κ1) is 13.0. The summed E-state index contributed by atoms with van der Waals surface area (Å²) in [6.45, 7) is 16.2. The van der Waals surface area contributed by atoms with Crippen molar-refractivity contribution in [3.8, 4) is 0 Å². The first-order valence-electron chi connectivity index (χ1n) is 5.28. The van der Waals surface area contributed by atoms with Gasteiger partial charge in [-0.15, -0.1) is 0 Å². The maximum Gasteiger partial charge on any atom is -0.0178 e. The fraction of sp³-hybridized carbons (Fsp3) is 1.00. The Balaban J connectivity index is 0.000000324. The molecule has 0 aromatic rings. The van der Waals surface area contributed by atoms with Gasteiger partial charge in [-0.2, -0.15) is 0 Å². The molecule has 80 valence electrons. The third-order valence-corrected chi connectivity index (χ3v) is 4.53. The van der Waals surface area contributed by atoms with Crippen LogP contribution in [0.3, 0.4) is 0 Å². The molecule has 0 unspecified atom stereocenters. The van der Waals surface area contributed by atoms with E-state index in [1.807, 2.05) is 0 Å². The van der Waals surface area contributed by atoms with Crippen LogP contribution >= 0.6 is 0 Å². The summed E-state index contributed by atoms with van der Waals surface area (Å²) in [6, 6.07) is 0. The third kappa shape index (κ3) is 1.16. The lowest BCUT2D eigenvalue weighted by Crippen LogP contribution is -2.21. The topological polar surface area (TPSA) is 35.0 Å². The van der Waals surface area contributed by atoms with Crippen molar-refractivity contribution in [3.05, 3.63) is 0 Å². The van der Waals surface area contributed by atoms with Crippen molar-refractivity contribution in [2.75, 3.05) is 0 Å². The largest absolute Gasteiger partial charge is 0.344 e. The lowest BCUT2D eigenvalue weighted by atomic mass is 9.77. The van der Waals surface area contributed by atoms with Gasteiger partial charge in [-0.25, -0.2) is 0 Å².